The lowest BCUT2D eigenvalue weighted by Crippen LogP contribution is -2.49. The molecule has 1 N–H and O–H groups in total. The molecule has 0 spiro atoms. The zero-order valence-corrected chi connectivity index (χ0v) is 17.5. The molecule has 2 aromatic heterocycles. The summed E-state index contributed by atoms with van der Waals surface area (Å²) in [6, 6.07) is 10.7. The maximum absolute atomic E-state index is 13.2. The number of amides is 1. The van der Waals surface area contributed by atoms with E-state index in [0.29, 0.717) is 30.2 Å². The SMILES string of the molecule is Cl.Cl.Cn1ccnc1C1CNCCN1C(=O)c1cccc(Oc2ccncc2)c1. The van der Waals surface area contributed by atoms with Gasteiger partial charge in [0.15, 0.2) is 0 Å². The van der Waals surface area contributed by atoms with Gasteiger partial charge in [-0.05, 0) is 30.3 Å². The van der Waals surface area contributed by atoms with Crippen molar-refractivity contribution in [2.45, 2.75) is 6.04 Å². The van der Waals surface area contributed by atoms with Gasteiger partial charge >= 0.3 is 0 Å². The number of benzene rings is 1. The number of rotatable bonds is 4. The Morgan fingerprint density at radius 3 is 2.66 bits per heavy atom. The van der Waals surface area contributed by atoms with Crippen LogP contribution in [0, 0.1) is 0 Å². The maximum atomic E-state index is 13.2. The van der Waals surface area contributed by atoms with Crippen LogP contribution in [0.3, 0.4) is 0 Å². The van der Waals surface area contributed by atoms with Crippen molar-refractivity contribution in [3.63, 3.8) is 0 Å². The second kappa shape index (κ2) is 10.2. The monoisotopic (exact) mass is 435 g/mol. The molecule has 9 heteroatoms. The first-order chi connectivity index (χ1) is 13.2. The summed E-state index contributed by atoms with van der Waals surface area (Å²) in [4.78, 5) is 23.5. The van der Waals surface area contributed by atoms with Crippen molar-refractivity contribution in [1.82, 2.24) is 24.8 Å². The Kier molecular flexibility index (Phi) is 8.01. The van der Waals surface area contributed by atoms with Gasteiger partial charge in [-0.2, -0.15) is 0 Å². The van der Waals surface area contributed by atoms with Gasteiger partial charge in [0.25, 0.3) is 5.91 Å². The number of pyridine rings is 1. The number of nitrogens with zero attached hydrogens (tertiary/aromatic N) is 4. The van der Waals surface area contributed by atoms with Gasteiger partial charge in [-0.1, -0.05) is 6.07 Å². The quantitative estimate of drug-likeness (QED) is 0.680. The van der Waals surface area contributed by atoms with E-state index in [0.717, 1.165) is 12.4 Å². The van der Waals surface area contributed by atoms with Crippen molar-refractivity contribution in [3.8, 4) is 11.5 Å². The summed E-state index contributed by atoms with van der Waals surface area (Å²) in [5.74, 6) is 2.16. The number of piperazine rings is 1. The van der Waals surface area contributed by atoms with E-state index in [-0.39, 0.29) is 36.8 Å². The van der Waals surface area contributed by atoms with Crippen LogP contribution in [0.5, 0.6) is 11.5 Å². The van der Waals surface area contributed by atoms with Crippen LogP contribution in [-0.4, -0.2) is 45.0 Å². The number of hydrogen-bond donors (Lipinski definition) is 1. The number of imidazole rings is 1. The van der Waals surface area contributed by atoms with Crippen molar-refractivity contribution in [2.24, 2.45) is 7.05 Å². The average Bonchev–Trinajstić information content (AvgIpc) is 3.14. The van der Waals surface area contributed by atoms with E-state index in [2.05, 4.69) is 15.3 Å². The Morgan fingerprint density at radius 1 is 1.14 bits per heavy atom. The van der Waals surface area contributed by atoms with E-state index in [9.17, 15) is 4.79 Å². The zero-order chi connectivity index (χ0) is 18.6. The molecule has 1 unspecified atom stereocenters. The van der Waals surface area contributed by atoms with Gasteiger partial charge in [0.1, 0.15) is 23.4 Å². The van der Waals surface area contributed by atoms with Crippen LogP contribution in [-0.2, 0) is 7.05 Å². The van der Waals surface area contributed by atoms with Crippen LogP contribution in [0.25, 0.3) is 0 Å². The molecule has 1 saturated heterocycles. The van der Waals surface area contributed by atoms with Gasteiger partial charge in [-0.3, -0.25) is 9.78 Å². The first kappa shape index (κ1) is 22.7. The van der Waals surface area contributed by atoms with Crippen molar-refractivity contribution in [2.75, 3.05) is 19.6 Å². The van der Waals surface area contributed by atoms with Gasteiger partial charge in [0, 0.05) is 57.0 Å². The Hall–Kier alpha value is -2.61. The van der Waals surface area contributed by atoms with E-state index < -0.39 is 0 Å². The fourth-order valence-corrected chi connectivity index (χ4v) is 3.28. The standard InChI is InChI=1S/C20H21N5O2.2ClH/c1-24-11-10-23-19(24)18-14-22-9-12-25(18)20(26)15-3-2-4-17(13-15)27-16-5-7-21-8-6-16;;/h2-8,10-11,13,18,22H,9,12,14H2,1H3;2*1H. The Balaban J connectivity index is 0.00000150. The molecule has 29 heavy (non-hydrogen) atoms. The summed E-state index contributed by atoms with van der Waals surface area (Å²) in [6.45, 7) is 2.08. The Labute approximate surface area is 181 Å². The molecule has 0 bridgehead atoms. The molecule has 0 saturated carbocycles. The predicted octanol–water partition coefficient (Wildman–Crippen LogP) is 3.24. The van der Waals surface area contributed by atoms with Crippen LogP contribution in [0.2, 0.25) is 0 Å². The summed E-state index contributed by atoms with van der Waals surface area (Å²) in [6.07, 6.45) is 7.00. The van der Waals surface area contributed by atoms with Crippen LogP contribution >= 0.6 is 24.8 Å². The molecule has 3 aromatic rings. The van der Waals surface area contributed by atoms with Gasteiger partial charge in [-0.25, -0.2) is 4.98 Å². The first-order valence-electron chi connectivity index (χ1n) is 8.89. The summed E-state index contributed by atoms with van der Waals surface area (Å²) in [7, 11) is 1.95. The van der Waals surface area contributed by atoms with E-state index in [1.165, 1.54) is 0 Å². The third kappa shape index (κ3) is 5.06. The lowest BCUT2D eigenvalue weighted by molar-refractivity contribution is 0.0620. The number of aromatic nitrogens is 3. The minimum Gasteiger partial charge on any atom is -0.457 e. The molecule has 7 nitrogen and oxygen atoms in total. The summed E-state index contributed by atoms with van der Waals surface area (Å²) in [5, 5.41) is 3.35. The number of nitrogens with one attached hydrogen (secondary N) is 1. The third-order valence-corrected chi connectivity index (χ3v) is 4.63. The highest BCUT2D eigenvalue weighted by Crippen LogP contribution is 2.26. The van der Waals surface area contributed by atoms with Gasteiger partial charge in [0.2, 0.25) is 0 Å². The van der Waals surface area contributed by atoms with Crippen molar-refractivity contribution >= 4 is 30.7 Å². The average molecular weight is 436 g/mol. The Morgan fingerprint density at radius 2 is 1.93 bits per heavy atom. The number of aryl methyl sites for hydroxylation is 1. The van der Waals surface area contributed by atoms with Crippen LogP contribution in [0.15, 0.2) is 61.2 Å². The van der Waals surface area contributed by atoms with E-state index in [1.807, 2.05) is 40.9 Å². The number of ether oxygens (including phenoxy) is 1. The van der Waals surface area contributed by atoms with Crippen LogP contribution in [0.4, 0.5) is 0 Å². The van der Waals surface area contributed by atoms with Gasteiger partial charge in [0.05, 0.1) is 0 Å². The molecular weight excluding hydrogens is 413 g/mol. The third-order valence-electron chi connectivity index (χ3n) is 4.63. The second-order valence-electron chi connectivity index (χ2n) is 6.43. The van der Waals surface area contributed by atoms with E-state index in [4.69, 9.17) is 4.74 Å². The summed E-state index contributed by atoms with van der Waals surface area (Å²) >= 11 is 0. The largest absolute Gasteiger partial charge is 0.457 e. The highest BCUT2D eigenvalue weighted by atomic mass is 35.5. The molecule has 0 aliphatic carbocycles. The number of carbonyl (C=O) groups excluding carboxylic acids is 1. The molecule has 4 rings (SSSR count). The minimum atomic E-state index is -0.101. The van der Waals surface area contributed by atoms with Crippen molar-refractivity contribution in [3.05, 3.63) is 72.6 Å². The summed E-state index contributed by atoms with van der Waals surface area (Å²) in [5.41, 5.74) is 0.600. The van der Waals surface area contributed by atoms with Crippen molar-refractivity contribution < 1.29 is 9.53 Å². The lowest BCUT2D eigenvalue weighted by atomic mass is 10.1. The Bertz CT molecular complexity index is 935. The highest BCUT2D eigenvalue weighted by Gasteiger charge is 2.31. The molecule has 1 atom stereocenters. The van der Waals surface area contributed by atoms with Gasteiger partial charge < -0.3 is 19.5 Å². The van der Waals surface area contributed by atoms with Gasteiger partial charge in [-0.15, -0.1) is 24.8 Å². The maximum Gasteiger partial charge on any atom is 0.254 e. The molecule has 1 aliphatic heterocycles. The minimum absolute atomic E-state index is 0. The van der Waals surface area contributed by atoms with Crippen LogP contribution < -0.4 is 10.1 Å². The first-order valence-corrected chi connectivity index (χ1v) is 8.89. The molecule has 1 amide bonds. The molecule has 1 aliphatic rings. The molecule has 1 aromatic carbocycles. The molecule has 3 heterocycles. The predicted molar refractivity (Wildman–Crippen MR) is 115 cm³/mol. The number of carbonyl (C=O) groups is 1. The molecule has 154 valence electrons. The zero-order valence-electron chi connectivity index (χ0n) is 15.9. The second-order valence-corrected chi connectivity index (χ2v) is 6.43. The lowest BCUT2D eigenvalue weighted by Gasteiger charge is -2.35. The van der Waals surface area contributed by atoms with Crippen molar-refractivity contribution in [1.29, 1.82) is 0 Å². The summed E-state index contributed by atoms with van der Waals surface area (Å²) < 4.78 is 7.79. The van der Waals surface area contributed by atoms with Crippen LogP contribution in [0.1, 0.15) is 22.2 Å². The highest BCUT2D eigenvalue weighted by molar-refractivity contribution is 5.95. The smallest absolute Gasteiger partial charge is 0.254 e. The number of halogens is 2. The normalized spacial score (nSPS) is 15.8. The number of hydrogen-bond acceptors (Lipinski definition) is 5. The molecule has 0 radical (unpaired) electrons. The topological polar surface area (TPSA) is 72.3 Å². The molecule has 1 fully saturated rings. The molecular formula is C20H23Cl2N5O2. The fourth-order valence-electron chi connectivity index (χ4n) is 3.28. The van der Waals surface area contributed by atoms with E-state index in [1.54, 1.807) is 36.8 Å². The fraction of sp³-hybridized carbons (Fsp3) is 0.250. The van der Waals surface area contributed by atoms with E-state index >= 15 is 0 Å².